The highest BCUT2D eigenvalue weighted by atomic mass is 16.1. The zero-order valence-corrected chi connectivity index (χ0v) is 16.3. The molecule has 1 saturated carbocycles. The third-order valence-corrected chi connectivity index (χ3v) is 5.50. The molecule has 0 bridgehead atoms. The topological polar surface area (TPSA) is 108 Å². The second-order valence-electron chi connectivity index (χ2n) is 7.52. The number of anilines is 2. The van der Waals surface area contributed by atoms with Gasteiger partial charge in [-0.15, -0.1) is 0 Å². The van der Waals surface area contributed by atoms with Crippen LogP contribution in [-0.4, -0.2) is 28.4 Å². The van der Waals surface area contributed by atoms with Gasteiger partial charge in [0.05, 0.1) is 5.69 Å². The van der Waals surface area contributed by atoms with Gasteiger partial charge in [-0.1, -0.05) is 18.2 Å². The number of hydrogen-bond donors (Lipinski definition) is 4. The molecule has 5 N–H and O–H groups in total. The molecule has 0 atom stereocenters. The second-order valence-corrected chi connectivity index (χ2v) is 7.52. The Bertz CT molecular complexity index is 989. The number of para-hydroxylation sites is 1. The van der Waals surface area contributed by atoms with E-state index in [0.29, 0.717) is 18.4 Å². The number of aromatic amines is 1. The lowest BCUT2D eigenvalue weighted by molar-refractivity contribution is -0.121. The molecule has 7 heteroatoms. The number of pyridine rings is 1. The fourth-order valence-corrected chi connectivity index (χ4v) is 3.85. The van der Waals surface area contributed by atoms with Crippen LogP contribution in [0, 0.1) is 11.8 Å². The van der Waals surface area contributed by atoms with Crippen molar-refractivity contribution in [2.45, 2.75) is 25.7 Å². The number of nitrogens with one attached hydrogen (secondary N) is 3. The first kappa shape index (κ1) is 19.0. The number of aromatic nitrogens is 2. The maximum absolute atomic E-state index is 12.7. The number of rotatable bonds is 5. The first-order valence-electron chi connectivity index (χ1n) is 10.0. The molecule has 0 spiro atoms. The van der Waals surface area contributed by atoms with Gasteiger partial charge in [0.1, 0.15) is 5.65 Å². The second kappa shape index (κ2) is 8.77. The number of nitrogens with zero attached hydrogens (tertiary/aromatic N) is 2. The summed E-state index contributed by atoms with van der Waals surface area (Å²) in [7, 11) is 0. The molecule has 7 nitrogen and oxygen atoms in total. The number of amides is 1. The van der Waals surface area contributed by atoms with E-state index in [1.807, 2.05) is 48.7 Å². The summed E-state index contributed by atoms with van der Waals surface area (Å²) in [6, 6.07) is 13.6. The normalized spacial score (nSPS) is 19.8. The van der Waals surface area contributed by atoms with E-state index in [1.54, 1.807) is 6.20 Å². The lowest BCUT2D eigenvalue weighted by Gasteiger charge is -2.27. The summed E-state index contributed by atoms with van der Waals surface area (Å²) in [4.78, 5) is 24.5. The minimum Gasteiger partial charge on any atom is -0.370 e. The Kier molecular flexibility index (Phi) is 5.74. The molecule has 2 aromatic heterocycles. The van der Waals surface area contributed by atoms with Crippen molar-refractivity contribution in [3.05, 3.63) is 54.9 Å². The molecule has 3 aromatic rings. The minimum atomic E-state index is 0.0391. The molecule has 1 aliphatic carbocycles. The van der Waals surface area contributed by atoms with Crippen molar-refractivity contribution in [3.8, 4) is 0 Å². The Morgan fingerprint density at radius 1 is 1.10 bits per heavy atom. The fraction of sp³-hybridized carbons (Fsp3) is 0.318. The molecule has 1 amide bonds. The van der Waals surface area contributed by atoms with Gasteiger partial charge in [0.25, 0.3) is 0 Å². The number of H-pyrrole nitrogens is 1. The Morgan fingerprint density at radius 2 is 1.90 bits per heavy atom. The van der Waals surface area contributed by atoms with E-state index in [0.717, 1.165) is 48.1 Å². The van der Waals surface area contributed by atoms with Gasteiger partial charge in [-0.25, -0.2) is 4.98 Å². The molecular formula is C22H26N6O. The number of carbonyl (C=O) groups is 1. The highest BCUT2D eigenvalue weighted by Gasteiger charge is 2.26. The number of carbonyl (C=O) groups excluding carboxylic acids is 1. The summed E-state index contributed by atoms with van der Waals surface area (Å²) in [5, 5.41) is 7.12. The Morgan fingerprint density at radius 3 is 2.69 bits per heavy atom. The average Bonchev–Trinajstić information content (AvgIpc) is 3.23. The van der Waals surface area contributed by atoms with Gasteiger partial charge in [-0.05, 0) is 55.9 Å². The van der Waals surface area contributed by atoms with Crippen molar-refractivity contribution >= 4 is 34.3 Å². The van der Waals surface area contributed by atoms with E-state index in [4.69, 9.17) is 5.73 Å². The van der Waals surface area contributed by atoms with E-state index >= 15 is 0 Å². The van der Waals surface area contributed by atoms with Crippen LogP contribution in [0.15, 0.2) is 59.9 Å². The maximum atomic E-state index is 12.7. The predicted molar refractivity (Wildman–Crippen MR) is 117 cm³/mol. The van der Waals surface area contributed by atoms with Crippen LogP contribution >= 0.6 is 0 Å². The van der Waals surface area contributed by atoms with Crippen LogP contribution in [0.1, 0.15) is 25.7 Å². The summed E-state index contributed by atoms with van der Waals surface area (Å²) < 4.78 is 0. The predicted octanol–water partition coefficient (Wildman–Crippen LogP) is 3.73. The van der Waals surface area contributed by atoms with Crippen LogP contribution in [0.3, 0.4) is 0 Å². The molecule has 29 heavy (non-hydrogen) atoms. The molecule has 1 fully saturated rings. The number of benzene rings is 1. The molecular weight excluding hydrogens is 364 g/mol. The van der Waals surface area contributed by atoms with Crippen LogP contribution in [0.2, 0.25) is 0 Å². The van der Waals surface area contributed by atoms with Crippen molar-refractivity contribution in [2.24, 2.45) is 22.6 Å². The van der Waals surface area contributed by atoms with Crippen LogP contribution in [0.25, 0.3) is 11.0 Å². The lowest BCUT2D eigenvalue weighted by Crippen LogP contribution is -2.29. The van der Waals surface area contributed by atoms with Gasteiger partial charge in [0, 0.05) is 35.9 Å². The third kappa shape index (κ3) is 4.74. The Hall–Kier alpha value is -3.35. The zero-order chi connectivity index (χ0) is 20.1. The van der Waals surface area contributed by atoms with E-state index in [2.05, 4.69) is 25.6 Å². The Labute approximate surface area is 169 Å². The smallest absolute Gasteiger partial charge is 0.227 e. The highest BCUT2D eigenvalue weighted by molar-refractivity contribution is 6.00. The van der Waals surface area contributed by atoms with Crippen LogP contribution in [0.5, 0.6) is 0 Å². The standard InChI is InChI=1S/C22H26N6O/c23-22(27-17-4-2-1-3-5-17)26-14-15-6-8-16(9-7-15)21(29)28-19-11-13-25-20-18(19)10-12-24-20/h1-5,10-13,15-16H,6-9,14H2,(H3,23,26,27)(H2,24,25,28,29). The SMILES string of the molecule is NC(=NCC1CCC(C(=O)Nc2ccnc3[nH]ccc23)CC1)Nc1ccccc1. The number of hydrogen-bond acceptors (Lipinski definition) is 3. The van der Waals surface area contributed by atoms with Gasteiger partial charge >= 0.3 is 0 Å². The van der Waals surface area contributed by atoms with Crippen LogP contribution in [0.4, 0.5) is 11.4 Å². The van der Waals surface area contributed by atoms with E-state index in [1.165, 1.54) is 0 Å². The summed E-state index contributed by atoms with van der Waals surface area (Å²) in [6.45, 7) is 0.689. The molecule has 1 aliphatic rings. The van der Waals surface area contributed by atoms with E-state index in [-0.39, 0.29) is 11.8 Å². The number of aliphatic imine (C=N–C) groups is 1. The van der Waals surface area contributed by atoms with Crippen molar-refractivity contribution in [3.63, 3.8) is 0 Å². The van der Waals surface area contributed by atoms with Crippen LogP contribution in [-0.2, 0) is 4.79 Å². The number of nitrogens with two attached hydrogens (primary N) is 1. The molecule has 2 heterocycles. The lowest BCUT2D eigenvalue weighted by atomic mass is 9.81. The summed E-state index contributed by atoms with van der Waals surface area (Å²) >= 11 is 0. The van der Waals surface area contributed by atoms with Gasteiger partial charge in [-0.2, -0.15) is 0 Å². The molecule has 1 aromatic carbocycles. The highest BCUT2D eigenvalue weighted by Crippen LogP contribution is 2.30. The minimum absolute atomic E-state index is 0.0391. The molecule has 0 aliphatic heterocycles. The summed E-state index contributed by atoms with van der Waals surface area (Å²) in [6.07, 6.45) is 7.25. The van der Waals surface area contributed by atoms with Gasteiger partial charge in [-0.3, -0.25) is 9.79 Å². The summed E-state index contributed by atoms with van der Waals surface area (Å²) in [5.74, 6) is 1.03. The number of fused-ring (bicyclic) bond motifs is 1. The monoisotopic (exact) mass is 390 g/mol. The quantitative estimate of drug-likeness (QED) is 0.393. The first-order chi connectivity index (χ1) is 14.2. The zero-order valence-electron chi connectivity index (χ0n) is 16.3. The van der Waals surface area contributed by atoms with Crippen LogP contribution < -0.4 is 16.4 Å². The summed E-state index contributed by atoms with van der Waals surface area (Å²) in [5.41, 5.74) is 8.52. The maximum Gasteiger partial charge on any atom is 0.227 e. The molecule has 150 valence electrons. The largest absolute Gasteiger partial charge is 0.370 e. The van der Waals surface area contributed by atoms with Crippen molar-refractivity contribution in [2.75, 3.05) is 17.2 Å². The van der Waals surface area contributed by atoms with Crippen molar-refractivity contribution in [1.29, 1.82) is 0 Å². The number of guanidine groups is 1. The molecule has 0 radical (unpaired) electrons. The molecule has 0 unspecified atom stereocenters. The van der Waals surface area contributed by atoms with Gasteiger partial charge < -0.3 is 21.4 Å². The molecule has 0 saturated heterocycles. The van der Waals surface area contributed by atoms with Gasteiger partial charge in [0.2, 0.25) is 5.91 Å². The van der Waals surface area contributed by atoms with E-state index in [9.17, 15) is 4.79 Å². The average molecular weight is 390 g/mol. The van der Waals surface area contributed by atoms with Crippen molar-refractivity contribution < 1.29 is 4.79 Å². The Balaban J connectivity index is 1.26. The van der Waals surface area contributed by atoms with E-state index < -0.39 is 0 Å². The molecule has 4 rings (SSSR count). The first-order valence-corrected chi connectivity index (χ1v) is 10.0. The fourth-order valence-electron chi connectivity index (χ4n) is 3.85. The van der Waals surface area contributed by atoms with Gasteiger partial charge in [0.15, 0.2) is 5.96 Å². The van der Waals surface area contributed by atoms with Crippen molar-refractivity contribution in [1.82, 2.24) is 9.97 Å². The third-order valence-electron chi connectivity index (χ3n) is 5.50.